The first-order chi connectivity index (χ1) is 16.2. The molecule has 33 heavy (non-hydrogen) atoms. The number of benzene rings is 1. The van der Waals surface area contributed by atoms with Gasteiger partial charge in [-0.2, -0.15) is 0 Å². The lowest BCUT2D eigenvalue weighted by molar-refractivity contribution is -0.143. The van der Waals surface area contributed by atoms with Gasteiger partial charge in [0.05, 0.1) is 11.9 Å². The molecule has 9 heteroatoms. The number of ether oxygens (including phenoxy) is 2. The zero-order valence-corrected chi connectivity index (χ0v) is 19.2. The summed E-state index contributed by atoms with van der Waals surface area (Å²) in [6.07, 6.45) is 3.77. The van der Waals surface area contributed by atoms with Crippen molar-refractivity contribution in [1.82, 2.24) is 19.8 Å². The molecular formula is C24H26N4O4S. The lowest BCUT2D eigenvalue weighted by Gasteiger charge is -2.36. The molecule has 0 radical (unpaired) electrons. The summed E-state index contributed by atoms with van der Waals surface area (Å²) in [6.45, 7) is 3.47. The highest BCUT2D eigenvalue weighted by Gasteiger charge is 2.33. The van der Waals surface area contributed by atoms with Crippen LogP contribution >= 0.6 is 11.3 Å². The van der Waals surface area contributed by atoms with Crippen LogP contribution in [0.5, 0.6) is 11.5 Å². The number of piperazine rings is 1. The first kappa shape index (κ1) is 20.7. The fourth-order valence-electron chi connectivity index (χ4n) is 4.97. The molecule has 3 aliphatic rings. The van der Waals surface area contributed by atoms with E-state index in [1.807, 2.05) is 29.2 Å². The van der Waals surface area contributed by atoms with Gasteiger partial charge in [-0.25, -0.2) is 4.98 Å². The molecule has 0 spiro atoms. The second-order valence-corrected chi connectivity index (χ2v) is 9.95. The highest BCUT2D eigenvalue weighted by atomic mass is 32.1. The molecule has 1 atom stereocenters. The van der Waals surface area contributed by atoms with Crippen LogP contribution in [-0.2, 0) is 24.2 Å². The lowest BCUT2D eigenvalue weighted by Crippen LogP contribution is -2.53. The van der Waals surface area contributed by atoms with Crippen molar-refractivity contribution >= 4 is 27.5 Å². The molecule has 0 bridgehead atoms. The molecule has 1 aliphatic carbocycles. The number of thiophene rings is 1. The van der Waals surface area contributed by atoms with Crippen molar-refractivity contribution < 1.29 is 14.3 Å². The Morgan fingerprint density at radius 2 is 1.91 bits per heavy atom. The molecular weight excluding hydrogens is 440 g/mol. The molecule has 2 aliphatic heterocycles. The Morgan fingerprint density at radius 1 is 1.12 bits per heavy atom. The van der Waals surface area contributed by atoms with Gasteiger partial charge in [0.25, 0.3) is 11.5 Å². The molecule has 2 aromatic heterocycles. The van der Waals surface area contributed by atoms with Gasteiger partial charge in [0.1, 0.15) is 17.3 Å². The van der Waals surface area contributed by atoms with Crippen molar-refractivity contribution in [3.8, 4) is 11.5 Å². The maximum atomic E-state index is 13.0. The second kappa shape index (κ2) is 8.46. The summed E-state index contributed by atoms with van der Waals surface area (Å²) in [4.78, 5) is 39.8. The van der Waals surface area contributed by atoms with E-state index in [4.69, 9.17) is 14.5 Å². The van der Waals surface area contributed by atoms with Crippen molar-refractivity contribution in [2.24, 2.45) is 0 Å². The number of hydrogen-bond donors (Lipinski definition) is 1. The lowest BCUT2D eigenvalue weighted by atomic mass is 9.97. The Hall–Kier alpha value is -2.91. The third kappa shape index (κ3) is 3.89. The number of H-pyrrole nitrogens is 1. The summed E-state index contributed by atoms with van der Waals surface area (Å²) in [5.41, 5.74) is 1.20. The number of fused-ring (bicyclic) bond motifs is 4. The van der Waals surface area contributed by atoms with E-state index in [2.05, 4.69) is 9.88 Å². The smallest absolute Gasteiger partial charge is 0.267 e. The van der Waals surface area contributed by atoms with Crippen molar-refractivity contribution in [3.05, 3.63) is 50.9 Å². The third-order valence-electron chi connectivity index (χ3n) is 6.72. The van der Waals surface area contributed by atoms with E-state index in [0.29, 0.717) is 37.0 Å². The van der Waals surface area contributed by atoms with Crippen molar-refractivity contribution in [1.29, 1.82) is 0 Å². The molecule has 3 aromatic rings. The normalized spacial score (nSPS) is 20.6. The van der Waals surface area contributed by atoms with Gasteiger partial charge in [-0.15, -0.1) is 11.3 Å². The number of aryl methyl sites for hydroxylation is 2. The molecule has 6 rings (SSSR count). The second-order valence-electron chi connectivity index (χ2n) is 8.87. The van der Waals surface area contributed by atoms with Crippen molar-refractivity contribution in [3.63, 3.8) is 0 Å². The number of nitrogens with one attached hydrogen (secondary N) is 1. The monoisotopic (exact) mass is 466 g/mol. The van der Waals surface area contributed by atoms with Gasteiger partial charge in [0.2, 0.25) is 6.10 Å². The van der Waals surface area contributed by atoms with Gasteiger partial charge in [-0.1, -0.05) is 12.1 Å². The number of hydrogen-bond acceptors (Lipinski definition) is 7. The quantitative estimate of drug-likeness (QED) is 0.638. The van der Waals surface area contributed by atoms with Crippen LogP contribution in [0.4, 0.5) is 0 Å². The number of amides is 1. The van der Waals surface area contributed by atoms with Gasteiger partial charge < -0.3 is 19.4 Å². The first-order valence-corrected chi connectivity index (χ1v) is 12.4. The SMILES string of the molecule is O=C(C1COc2ccccc2O1)N1CCN(Cc2nc3sc4c(c3c(=O)[nH]2)CCCC4)CC1. The van der Waals surface area contributed by atoms with Gasteiger partial charge in [0, 0.05) is 31.1 Å². The van der Waals surface area contributed by atoms with E-state index in [-0.39, 0.29) is 18.1 Å². The molecule has 1 aromatic carbocycles. The largest absolute Gasteiger partial charge is 0.485 e. The van der Waals surface area contributed by atoms with Gasteiger partial charge in [-0.05, 0) is 43.4 Å². The minimum atomic E-state index is -0.614. The summed E-state index contributed by atoms with van der Waals surface area (Å²) in [6, 6.07) is 7.42. The van der Waals surface area contributed by atoms with Gasteiger partial charge >= 0.3 is 0 Å². The highest BCUT2D eigenvalue weighted by Crippen LogP contribution is 2.34. The van der Waals surface area contributed by atoms with Crippen molar-refractivity contribution in [2.45, 2.75) is 38.3 Å². The van der Waals surface area contributed by atoms with Crippen LogP contribution in [0.3, 0.4) is 0 Å². The molecule has 1 amide bonds. The van der Waals surface area contributed by atoms with E-state index in [9.17, 15) is 9.59 Å². The summed E-state index contributed by atoms with van der Waals surface area (Å²) in [7, 11) is 0. The Labute approximate surface area is 195 Å². The number of nitrogens with zero attached hydrogens (tertiary/aromatic N) is 3. The number of rotatable bonds is 3. The van der Waals surface area contributed by atoms with Crippen LogP contribution in [0.1, 0.15) is 29.1 Å². The number of carbonyl (C=O) groups excluding carboxylic acids is 1. The molecule has 0 saturated carbocycles. The van der Waals surface area contributed by atoms with Crippen LogP contribution in [0.2, 0.25) is 0 Å². The predicted molar refractivity (Wildman–Crippen MR) is 125 cm³/mol. The van der Waals surface area contributed by atoms with Crippen LogP contribution in [0, 0.1) is 0 Å². The topological polar surface area (TPSA) is 87.8 Å². The van der Waals surface area contributed by atoms with Crippen LogP contribution in [0.25, 0.3) is 10.2 Å². The van der Waals surface area contributed by atoms with Gasteiger partial charge in [-0.3, -0.25) is 14.5 Å². The van der Waals surface area contributed by atoms with Crippen LogP contribution in [0.15, 0.2) is 29.1 Å². The Kier molecular flexibility index (Phi) is 5.30. The maximum Gasteiger partial charge on any atom is 0.267 e. The molecule has 1 fully saturated rings. The zero-order valence-electron chi connectivity index (χ0n) is 18.3. The highest BCUT2D eigenvalue weighted by molar-refractivity contribution is 7.18. The Bertz CT molecular complexity index is 1260. The third-order valence-corrected chi connectivity index (χ3v) is 7.90. The fraction of sp³-hybridized carbons (Fsp3) is 0.458. The van der Waals surface area contributed by atoms with E-state index in [1.54, 1.807) is 11.3 Å². The number of carbonyl (C=O) groups is 1. The number of para-hydroxylation sites is 2. The van der Waals surface area contributed by atoms with Crippen LogP contribution < -0.4 is 15.0 Å². The standard InChI is InChI=1S/C24H26N4O4S/c29-22-21-15-5-1-4-8-19(15)33-23(21)26-20(25-22)13-27-9-11-28(12-10-27)24(30)18-14-31-16-6-2-3-7-17(16)32-18/h2-3,6-7,18H,1,4-5,8-14H2,(H,25,26,29). The molecule has 172 valence electrons. The minimum Gasteiger partial charge on any atom is -0.485 e. The summed E-state index contributed by atoms with van der Waals surface area (Å²) >= 11 is 1.68. The van der Waals surface area contributed by atoms with Crippen LogP contribution in [-0.4, -0.2) is 64.6 Å². The zero-order chi connectivity index (χ0) is 22.4. The molecule has 1 N–H and O–H groups in total. The van der Waals surface area contributed by atoms with E-state index >= 15 is 0 Å². The summed E-state index contributed by atoms with van der Waals surface area (Å²) in [5.74, 6) is 1.95. The number of aromatic amines is 1. The van der Waals surface area contributed by atoms with E-state index in [0.717, 1.165) is 42.6 Å². The summed E-state index contributed by atoms with van der Waals surface area (Å²) in [5, 5.41) is 0.796. The summed E-state index contributed by atoms with van der Waals surface area (Å²) < 4.78 is 11.6. The Morgan fingerprint density at radius 3 is 2.76 bits per heavy atom. The molecule has 4 heterocycles. The minimum absolute atomic E-state index is 0.0158. The molecule has 8 nitrogen and oxygen atoms in total. The maximum absolute atomic E-state index is 13.0. The Balaban J connectivity index is 1.09. The molecule has 1 saturated heterocycles. The fourth-order valence-corrected chi connectivity index (χ4v) is 6.25. The number of aromatic nitrogens is 2. The van der Waals surface area contributed by atoms with E-state index in [1.165, 1.54) is 16.9 Å². The van der Waals surface area contributed by atoms with Gasteiger partial charge in [0.15, 0.2) is 11.5 Å². The van der Waals surface area contributed by atoms with Crippen molar-refractivity contribution in [2.75, 3.05) is 32.8 Å². The van der Waals surface area contributed by atoms with E-state index < -0.39 is 6.10 Å². The first-order valence-electron chi connectivity index (χ1n) is 11.6. The average Bonchev–Trinajstić information content (AvgIpc) is 3.22. The average molecular weight is 467 g/mol. The molecule has 1 unspecified atom stereocenters. The predicted octanol–water partition coefficient (Wildman–Crippen LogP) is 2.35.